The van der Waals surface area contributed by atoms with Gasteiger partial charge in [-0.3, -0.25) is 4.79 Å². The summed E-state index contributed by atoms with van der Waals surface area (Å²) in [5, 5.41) is 0. The van der Waals surface area contributed by atoms with Crippen LogP contribution in [-0.2, 0) is 11.3 Å². The van der Waals surface area contributed by atoms with Crippen LogP contribution in [0.4, 0.5) is 0 Å². The molecule has 0 saturated heterocycles. The minimum Gasteiger partial charge on any atom is -0.337 e. The van der Waals surface area contributed by atoms with Crippen LogP contribution in [0.15, 0.2) is 29.2 Å². The molecule has 0 unspecified atom stereocenters. The highest BCUT2D eigenvalue weighted by molar-refractivity contribution is 7.98. The van der Waals surface area contributed by atoms with Gasteiger partial charge in [0.2, 0.25) is 5.91 Å². The molecule has 3 nitrogen and oxygen atoms in total. The smallest absolute Gasteiger partial charge is 0.239 e. The van der Waals surface area contributed by atoms with Crippen LogP contribution >= 0.6 is 11.8 Å². The van der Waals surface area contributed by atoms with Crippen LogP contribution in [0.1, 0.15) is 19.4 Å². The van der Waals surface area contributed by atoms with Crippen molar-refractivity contribution in [3.63, 3.8) is 0 Å². The van der Waals surface area contributed by atoms with Crippen molar-refractivity contribution < 1.29 is 4.79 Å². The molecule has 0 radical (unpaired) electrons. The maximum absolute atomic E-state index is 11.8. The summed E-state index contributed by atoms with van der Waals surface area (Å²) in [6.07, 6.45) is 2.05. The maximum Gasteiger partial charge on any atom is 0.239 e. The van der Waals surface area contributed by atoms with Crippen LogP contribution in [0, 0.1) is 0 Å². The highest BCUT2D eigenvalue weighted by Gasteiger charge is 2.15. The van der Waals surface area contributed by atoms with Gasteiger partial charge in [0.05, 0.1) is 6.04 Å². The highest BCUT2D eigenvalue weighted by Crippen LogP contribution is 2.16. The number of nitrogens with two attached hydrogens (primary N) is 1. The Balaban J connectivity index is 2.70. The number of carbonyl (C=O) groups is 1. The van der Waals surface area contributed by atoms with Gasteiger partial charge in [-0.25, -0.2) is 0 Å². The molecule has 1 atom stereocenters. The first-order chi connectivity index (χ1) is 8.08. The summed E-state index contributed by atoms with van der Waals surface area (Å²) in [7, 11) is 0. The van der Waals surface area contributed by atoms with Gasteiger partial charge in [-0.1, -0.05) is 12.1 Å². The van der Waals surface area contributed by atoms with E-state index < -0.39 is 6.04 Å². The molecule has 1 rings (SSSR count). The van der Waals surface area contributed by atoms with E-state index in [2.05, 4.69) is 24.3 Å². The topological polar surface area (TPSA) is 46.3 Å². The molecular formula is C13H20N2OS. The molecule has 0 saturated carbocycles. The molecule has 0 aliphatic carbocycles. The van der Waals surface area contributed by atoms with Crippen molar-refractivity contribution in [1.82, 2.24) is 4.90 Å². The summed E-state index contributed by atoms with van der Waals surface area (Å²) >= 11 is 1.71. The van der Waals surface area contributed by atoms with Crippen molar-refractivity contribution in [3.8, 4) is 0 Å². The van der Waals surface area contributed by atoms with E-state index in [1.165, 1.54) is 4.90 Å². The Labute approximate surface area is 107 Å². The van der Waals surface area contributed by atoms with Gasteiger partial charge in [-0.2, -0.15) is 0 Å². The first kappa shape index (κ1) is 14.1. The Morgan fingerprint density at radius 1 is 1.41 bits per heavy atom. The van der Waals surface area contributed by atoms with E-state index in [-0.39, 0.29) is 5.91 Å². The Hall–Kier alpha value is -1.00. The predicted molar refractivity (Wildman–Crippen MR) is 73.0 cm³/mol. The quantitative estimate of drug-likeness (QED) is 0.816. The lowest BCUT2D eigenvalue weighted by molar-refractivity contribution is -0.132. The molecule has 0 aliphatic rings. The number of benzene rings is 1. The Morgan fingerprint density at radius 3 is 2.41 bits per heavy atom. The van der Waals surface area contributed by atoms with Gasteiger partial charge in [0.1, 0.15) is 0 Å². The molecule has 1 aromatic carbocycles. The van der Waals surface area contributed by atoms with Gasteiger partial charge in [0.25, 0.3) is 0 Å². The van der Waals surface area contributed by atoms with E-state index in [0.717, 1.165) is 5.56 Å². The fourth-order valence-corrected chi connectivity index (χ4v) is 1.99. The van der Waals surface area contributed by atoms with E-state index in [4.69, 9.17) is 5.73 Å². The van der Waals surface area contributed by atoms with Crippen molar-refractivity contribution >= 4 is 17.7 Å². The molecule has 1 amide bonds. The predicted octanol–water partition coefficient (Wildman–Crippen LogP) is 2.10. The summed E-state index contributed by atoms with van der Waals surface area (Å²) < 4.78 is 0. The number of carbonyl (C=O) groups excluding carboxylic acids is 1. The number of amides is 1. The van der Waals surface area contributed by atoms with Gasteiger partial charge in [-0.05, 0) is 37.8 Å². The summed E-state index contributed by atoms with van der Waals surface area (Å²) in [6.45, 7) is 5.01. The van der Waals surface area contributed by atoms with Gasteiger partial charge in [0.15, 0.2) is 0 Å². The molecule has 0 fully saturated rings. The first-order valence-corrected chi connectivity index (χ1v) is 6.98. The molecule has 2 N–H and O–H groups in total. The summed E-state index contributed by atoms with van der Waals surface area (Å²) in [6, 6.07) is 7.83. The zero-order valence-corrected chi connectivity index (χ0v) is 11.5. The van der Waals surface area contributed by atoms with Crippen molar-refractivity contribution in [2.24, 2.45) is 5.73 Å². The van der Waals surface area contributed by atoms with E-state index >= 15 is 0 Å². The average molecular weight is 252 g/mol. The lowest BCUT2D eigenvalue weighted by Gasteiger charge is -2.22. The highest BCUT2D eigenvalue weighted by atomic mass is 32.2. The minimum atomic E-state index is -0.430. The van der Waals surface area contributed by atoms with Crippen LogP contribution in [0.5, 0.6) is 0 Å². The second-order valence-corrected chi connectivity index (χ2v) is 4.87. The Morgan fingerprint density at radius 2 is 2.00 bits per heavy atom. The zero-order chi connectivity index (χ0) is 12.8. The molecule has 94 valence electrons. The number of likely N-dealkylation sites (N-methyl/N-ethyl adjacent to an activating group) is 1. The number of nitrogens with zero attached hydrogens (tertiary/aromatic N) is 1. The Bertz CT molecular complexity index is 362. The molecule has 4 heteroatoms. The molecule has 0 spiro atoms. The molecule has 1 aromatic rings. The molecule has 0 bridgehead atoms. The number of hydrogen-bond donors (Lipinski definition) is 1. The third-order valence-electron chi connectivity index (χ3n) is 2.62. The van der Waals surface area contributed by atoms with Gasteiger partial charge >= 0.3 is 0 Å². The number of rotatable bonds is 5. The normalized spacial score (nSPS) is 12.2. The summed E-state index contributed by atoms with van der Waals surface area (Å²) in [5.41, 5.74) is 6.75. The van der Waals surface area contributed by atoms with Crippen LogP contribution in [-0.4, -0.2) is 29.6 Å². The fraction of sp³-hybridized carbons (Fsp3) is 0.462. The van der Waals surface area contributed by atoms with Crippen molar-refractivity contribution in [1.29, 1.82) is 0 Å². The molecule has 17 heavy (non-hydrogen) atoms. The zero-order valence-electron chi connectivity index (χ0n) is 10.6. The van der Waals surface area contributed by atoms with Crippen LogP contribution in [0.2, 0.25) is 0 Å². The van der Waals surface area contributed by atoms with E-state index in [1.54, 1.807) is 23.6 Å². The molecular weight excluding hydrogens is 232 g/mol. The van der Waals surface area contributed by atoms with Gasteiger partial charge in [-0.15, -0.1) is 11.8 Å². The van der Waals surface area contributed by atoms with Crippen LogP contribution in [0.3, 0.4) is 0 Å². The molecule has 0 aromatic heterocycles. The Kier molecular flexibility index (Phi) is 5.51. The van der Waals surface area contributed by atoms with Crippen molar-refractivity contribution in [3.05, 3.63) is 29.8 Å². The lowest BCUT2D eigenvalue weighted by Crippen LogP contribution is -2.41. The second kappa shape index (κ2) is 6.67. The van der Waals surface area contributed by atoms with Gasteiger partial charge in [0, 0.05) is 18.0 Å². The SMILES string of the molecule is CCN(Cc1ccc(SC)cc1)C(=O)[C@H](C)N. The van der Waals surface area contributed by atoms with E-state index in [1.807, 2.05) is 13.2 Å². The van der Waals surface area contributed by atoms with Crippen LogP contribution in [0.25, 0.3) is 0 Å². The third-order valence-corrected chi connectivity index (χ3v) is 3.36. The van der Waals surface area contributed by atoms with Crippen molar-refractivity contribution in [2.75, 3.05) is 12.8 Å². The fourth-order valence-electron chi connectivity index (χ4n) is 1.58. The largest absolute Gasteiger partial charge is 0.337 e. The minimum absolute atomic E-state index is 0.00134. The summed E-state index contributed by atoms with van der Waals surface area (Å²) in [4.78, 5) is 14.8. The standard InChI is InChI=1S/C13H20N2OS/c1-4-15(13(16)10(2)14)9-11-5-7-12(17-3)8-6-11/h5-8,10H,4,9,14H2,1-3H3/t10-/m0/s1. The average Bonchev–Trinajstić information content (AvgIpc) is 2.35. The first-order valence-electron chi connectivity index (χ1n) is 5.75. The second-order valence-electron chi connectivity index (χ2n) is 3.99. The number of hydrogen-bond acceptors (Lipinski definition) is 3. The van der Waals surface area contributed by atoms with Crippen molar-refractivity contribution in [2.45, 2.75) is 31.3 Å². The molecule has 0 aliphatic heterocycles. The van der Waals surface area contributed by atoms with E-state index in [0.29, 0.717) is 13.1 Å². The van der Waals surface area contributed by atoms with Gasteiger partial charge < -0.3 is 10.6 Å². The third kappa shape index (κ3) is 4.06. The monoisotopic (exact) mass is 252 g/mol. The maximum atomic E-state index is 11.8. The lowest BCUT2D eigenvalue weighted by atomic mass is 10.2. The van der Waals surface area contributed by atoms with Crippen LogP contribution < -0.4 is 5.73 Å². The van der Waals surface area contributed by atoms with E-state index in [9.17, 15) is 4.79 Å². The summed E-state index contributed by atoms with van der Waals surface area (Å²) in [5.74, 6) is 0.00134. The molecule has 0 heterocycles. The number of thioether (sulfide) groups is 1.